The number of hydrogen-bond donors (Lipinski definition) is 2. The van der Waals surface area contributed by atoms with Crippen molar-refractivity contribution in [2.24, 2.45) is 0 Å². The van der Waals surface area contributed by atoms with Gasteiger partial charge in [0, 0.05) is 6.04 Å². The fourth-order valence-electron chi connectivity index (χ4n) is 4.07. The Kier molecular flexibility index (Phi) is 5.97. The molecule has 0 spiro atoms. The van der Waals surface area contributed by atoms with E-state index >= 15 is 0 Å². The van der Waals surface area contributed by atoms with Crippen LogP contribution < -0.4 is 15.4 Å². The van der Waals surface area contributed by atoms with E-state index in [-0.39, 0.29) is 36.4 Å². The van der Waals surface area contributed by atoms with E-state index in [1.165, 1.54) is 19.3 Å². The predicted molar refractivity (Wildman–Crippen MR) is 103 cm³/mol. The lowest BCUT2D eigenvalue weighted by Crippen LogP contribution is -2.51. The molecule has 0 bridgehead atoms. The van der Waals surface area contributed by atoms with Crippen LogP contribution in [0, 0.1) is 0 Å². The van der Waals surface area contributed by atoms with Gasteiger partial charge in [0.25, 0.3) is 0 Å². The minimum atomic E-state index is -0.292. The highest BCUT2D eigenvalue weighted by atomic mass is 35.5. The van der Waals surface area contributed by atoms with Crippen LogP contribution in [0.3, 0.4) is 0 Å². The van der Waals surface area contributed by atoms with E-state index in [4.69, 9.17) is 37.4 Å². The number of hydrogen-bond acceptors (Lipinski definition) is 4. The number of amides is 2. The zero-order valence-electron chi connectivity index (χ0n) is 15.0. The highest BCUT2D eigenvalue weighted by molar-refractivity contribution is 6.42. The molecule has 27 heavy (non-hydrogen) atoms. The third-order valence-corrected chi connectivity index (χ3v) is 6.26. The van der Waals surface area contributed by atoms with Crippen molar-refractivity contribution >= 4 is 29.2 Å². The van der Waals surface area contributed by atoms with Crippen molar-refractivity contribution < 1.29 is 19.0 Å². The lowest BCUT2D eigenvalue weighted by atomic mass is 9.96. The predicted octanol–water partition coefficient (Wildman–Crippen LogP) is 3.54. The van der Waals surface area contributed by atoms with Gasteiger partial charge in [-0.2, -0.15) is 0 Å². The van der Waals surface area contributed by atoms with Gasteiger partial charge in [-0.05, 0) is 25.0 Å². The Bertz CT molecular complexity index is 684. The first kappa shape index (κ1) is 19.1. The first-order valence-electron chi connectivity index (χ1n) is 9.53. The second-order valence-electron chi connectivity index (χ2n) is 7.36. The molecule has 0 aromatic heterocycles. The molecule has 1 saturated carbocycles. The van der Waals surface area contributed by atoms with Crippen molar-refractivity contribution in [3.63, 3.8) is 0 Å². The molecule has 2 aliphatic heterocycles. The van der Waals surface area contributed by atoms with Crippen LogP contribution in [0.4, 0.5) is 4.79 Å². The first-order valence-corrected chi connectivity index (χ1v) is 10.3. The summed E-state index contributed by atoms with van der Waals surface area (Å²) in [6, 6.07) is 5.18. The summed E-state index contributed by atoms with van der Waals surface area (Å²) < 4.78 is 17.7. The summed E-state index contributed by atoms with van der Waals surface area (Å²) in [5.74, 6) is 0.508. The number of ether oxygens (including phenoxy) is 3. The number of halogens is 2. The van der Waals surface area contributed by atoms with Gasteiger partial charge >= 0.3 is 6.03 Å². The largest absolute Gasteiger partial charge is 0.484 e. The molecule has 1 aromatic carbocycles. The van der Waals surface area contributed by atoms with Gasteiger partial charge in [0.1, 0.15) is 23.0 Å². The van der Waals surface area contributed by atoms with E-state index in [2.05, 4.69) is 10.6 Å². The zero-order chi connectivity index (χ0) is 18.8. The van der Waals surface area contributed by atoms with Gasteiger partial charge < -0.3 is 24.8 Å². The molecule has 1 aliphatic carbocycles. The topological polar surface area (TPSA) is 68.8 Å². The van der Waals surface area contributed by atoms with Gasteiger partial charge in [0.2, 0.25) is 0 Å². The van der Waals surface area contributed by atoms with Crippen LogP contribution in [0.25, 0.3) is 0 Å². The molecule has 3 fully saturated rings. The summed E-state index contributed by atoms with van der Waals surface area (Å²) >= 11 is 12.2. The Morgan fingerprint density at radius 2 is 1.81 bits per heavy atom. The van der Waals surface area contributed by atoms with Gasteiger partial charge in [-0.15, -0.1) is 0 Å². The maximum Gasteiger partial charge on any atom is 0.315 e. The maximum absolute atomic E-state index is 12.3. The summed E-state index contributed by atoms with van der Waals surface area (Å²) in [7, 11) is 0. The van der Waals surface area contributed by atoms with E-state index in [0.717, 1.165) is 12.8 Å². The van der Waals surface area contributed by atoms with Crippen LogP contribution >= 0.6 is 23.2 Å². The van der Waals surface area contributed by atoms with Gasteiger partial charge in [-0.3, -0.25) is 0 Å². The van der Waals surface area contributed by atoms with E-state index in [0.29, 0.717) is 29.0 Å². The van der Waals surface area contributed by atoms with Crippen LogP contribution in [-0.2, 0) is 9.47 Å². The summed E-state index contributed by atoms with van der Waals surface area (Å²) in [5.41, 5.74) is 0. The normalized spacial score (nSPS) is 30.7. The fourth-order valence-corrected chi connectivity index (χ4v) is 4.41. The molecular weight excluding hydrogens is 391 g/mol. The molecule has 2 N–H and O–H groups in total. The van der Waals surface area contributed by atoms with Crippen molar-refractivity contribution in [1.82, 2.24) is 10.6 Å². The van der Waals surface area contributed by atoms with Gasteiger partial charge in [-0.25, -0.2) is 4.79 Å². The van der Waals surface area contributed by atoms with Crippen LogP contribution in [0.2, 0.25) is 10.0 Å². The molecule has 148 valence electrons. The Morgan fingerprint density at radius 3 is 2.63 bits per heavy atom. The van der Waals surface area contributed by atoms with Crippen LogP contribution in [0.1, 0.15) is 32.1 Å². The lowest BCUT2D eigenvalue weighted by molar-refractivity contribution is 0.0304. The van der Waals surface area contributed by atoms with Crippen LogP contribution in [0.5, 0.6) is 5.75 Å². The van der Waals surface area contributed by atoms with E-state index in [1.807, 2.05) is 0 Å². The molecule has 3 aliphatic rings. The monoisotopic (exact) mass is 414 g/mol. The molecule has 2 saturated heterocycles. The molecule has 4 rings (SSSR count). The summed E-state index contributed by atoms with van der Waals surface area (Å²) in [5, 5.41) is 6.88. The molecule has 8 heteroatoms. The third kappa shape index (κ3) is 4.29. The third-order valence-electron chi connectivity index (χ3n) is 5.46. The van der Waals surface area contributed by atoms with Crippen molar-refractivity contribution in [2.45, 2.75) is 62.5 Å². The second-order valence-corrected chi connectivity index (χ2v) is 8.15. The smallest absolute Gasteiger partial charge is 0.315 e. The Morgan fingerprint density at radius 1 is 1.04 bits per heavy atom. The molecule has 0 radical (unpaired) electrons. The molecule has 4 atom stereocenters. The standard InChI is InChI=1S/C19H24Cl2N2O4/c20-12-7-4-8-14(16(12)21)27-15-10-26-17-13(9-25-18(15)17)23-19(24)22-11-5-2-1-3-6-11/h4,7-8,11,13,15,17-18H,1-3,5-6,9-10H2,(H2,22,23,24)/t13-,15-,17+,18+/m0/s1. The number of urea groups is 1. The minimum Gasteiger partial charge on any atom is -0.484 e. The molecular formula is C19H24Cl2N2O4. The van der Waals surface area contributed by atoms with E-state index in [9.17, 15) is 4.79 Å². The number of carbonyl (C=O) groups excluding carboxylic acids is 1. The maximum atomic E-state index is 12.3. The summed E-state index contributed by atoms with van der Waals surface area (Å²) in [6.45, 7) is 0.775. The van der Waals surface area contributed by atoms with E-state index < -0.39 is 0 Å². The Hall–Kier alpha value is -1.21. The Labute approximate surface area is 168 Å². The van der Waals surface area contributed by atoms with Crippen molar-refractivity contribution in [3.8, 4) is 5.75 Å². The average molecular weight is 415 g/mol. The number of nitrogens with one attached hydrogen (secondary N) is 2. The lowest BCUT2D eigenvalue weighted by Gasteiger charge is -2.24. The quantitative estimate of drug-likeness (QED) is 0.790. The van der Waals surface area contributed by atoms with E-state index in [1.54, 1.807) is 18.2 Å². The van der Waals surface area contributed by atoms with Crippen LogP contribution in [0.15, 0.2) is 18.2 Å². The number of rotatable bonds is 4. The van der Waals surface area contributed by atoms with Crippen LogP contribution in [-0.4, -0.2) is 49.6 Å². The number of fused-ring (bicyclic) bond motifs is 1. The minimum absolute atomic E-state index is 0.151. The van der Waals surface area contributed by atoms with Gasteiger partial charge in [0.05, 0.1) is 24.3 Å². The molecule has 1 aromatic rings. The Balaban J connectivity index is 1.32. The summed E-state index contributed by atoms with van der Waals surface area (Å²) in [6.07, 6.45) is 4.93. The molecule has 2 amide bonds. The number of carbonyl (C=O) groups is 1. The second kappa shape index (κ2) is 8.43. The highest BCUT2D eigenvalue weighted by Gasteiger charge is 2.49. The summed E-state index contributed by atoms with van der Waals surface area (Å²) in [4.78, 5) is 12.3. The van der Waals surface area contributed by atoms with Crippen molar-refractivity contribution in [1.29, 1.82) is 0 Å². The average Bonchev–Trinajstić information content (AvgIpc) is 3.23. The highest BCUT2D eigenvalue weighted by Crippen LogP contribution is 2.35. The van der Waals surface area contributed by atoms with Crippen molar-refractivity contribution in [2.75, 3.05) is 13.2 Å². The molecule has 2 heterocycles. The molecule has 0 unspecified atom stereocenters. The van der Waals surface area contributed by atoms with Crippen molar-refractivity contribution in [3.05, 3.63) is 28.2 Å². The molecule has 6 nitrogen and oxygen atoms in total. The zero-order valence-corrected chi connectivity index (χ0v) is 16.5. The fraction of sp³-hybridized carbons (Fsp3) is 0.632. The number of benzene rings is 1. The van der Waals surface area contributed by atoms with Gasteiger partial charge in [-0.1, -0.05) is 48.5 Å². The van der Waals surface area contributed by atoms with Gasteiger partial charge in [0.15, 0.2) is 6.10 Å². The SMILES string of the molecule is O=C(NC1CCCCC1)N[C@H]1CO[C@H]2[C@@H]1OC[C@@H]2Oc1cccc(Cl)c1Cl. The first-order chi connectivity index (χ1) is 13.1.